The van der Waals surface area contributed by atoms with Gasteiger partial charge in [-0.15, -0.1) is 0 Å². The molecule has 1 aromatic heterocycles. The smallest absolute Gasteiger partial charge is 0.282 e. The third-order valence-corrected chi connectivity index (χ3v) is 2.12. The van der Waals surface area contributed by atoms with E-state index in [0.717, 1.165) is 6.07 Å². The van der Waals surface area contributed by atoms with Crippen LogP contribution in [0.4, 0.5) is 13.2 Å². The number of rotatable bonds is 1. The molecular formula is C11H6F3NO. The summed E-state index contributed by atoms with van der Waals surface area (Å²) in [4.78, 5) is 14.4. The van der Waals surface area contributed by atoms with Gasteiger partial charge >= 0.3 is 6.18 Å². The number of pyridine rings is 1. The number of aromatic nitrogens is 1. The number of benzene rings is 1. The second kappa shape index (κ2) is 3.59. The zero-order valence-electron chi connectivity index (χ0n) is 7.95. The predicted molar refractivity (Wildman–Crippen MR) is 52.1 cm³/mol. The molecule has 0 fully saturated rings. The normalized spacial score (nSPS) is 11.7. The highest BCUT2D eigenvalue weighted by atomic mass is 19.4. The summed E-state index contributed by atoms with van der Waals surface area (Å²) < 4.78 is 36.4. The molecule has 1 aromatic carbocycles. The van der Waals surface area contributed by atoms with Crippen LogP contribution in [0.1, 0.15) is 10.5 Å². The van der Waals surface area contributed by atoms with Crippen molar-refractivity contribution in [2.75, 3.05) is 0 Å². The number of nitrogens with zero attached hydrogens (tertiary/aromatic N) is 1. The van der Waals surface area contributed by atoms with Crippen molar-refractivity contribution in [2.24, 2.45) is 0 Å². The van der Waals surface area contributed by atoms with Crippen LogP contribution in [0.25, 0.3) is 10.8 Å². The van der Waals surface area contributed by atoms with E-state index in [2.05, 4.69) is 4.98 Å². The highest BCUT2D eigenvalue weighted by Crippen LogP contribution is 2.22. The van der Waals surface area contributed by atoms with Crippen molar-refractivity contribution >= 4 is 16.6 Å². The van der Waals surface area contributed by atoms with Gasteiger partial charge in [-0.3, -0.25) is 9.78 Å². The molecule has 2 rings (SSSR count). The number of hydrogen-bond acceptors (Lipinski definition) is 2. The Morgan fingerprint density at radius 2 is 1.75 bits per heavy atom. The minimum atomic E-state index is -4.88. The molecule has 5 heteroatoms. The van der Waals surface area contributed by atoms with Crippen LogP contribution >= 0.6 is 0 Å². The molecule has 0 saturated heterocycles. The van der Waals surface area contributed by atoms with Crippen LogP contribution in [0.3, 0.4) is 0 Å². The minimum Gasteiger partial charge on any atom is -0.282 e. The number of Topliss-reactive ketones (excluding diaryl/α,β-unsaturated/α-hetero) is 1. The van der Waals surface area contributed by atoms with Gasteiger partial charge in [-0.05, 0) is 11.5 Å². The molecule has 1 heterocycles. The van der Waals surface area contributed by atoms with E-state index in [-0.39, 0.29) is 0 Å². The van der Waals surface area contributed by atoms with E-state index in [4.69, 9.17) is 0 Å². The molecule has 2 aromatic rings. The second-order valence-electron chi connectivity index (χ2n) is 3.24. The Morgan fingerprint density at radius 3 is 2.38 bits per heavy atom. The Balaban J connectivity index is 2.52. The largest absolute Gasteiger partial charge is 0.456 e. The lowest BCUT2D eigenvalue weighted by Gasteiger charge is -2.05. The lowest BCUT2D eigenvalue weighted by atomic mass is 10.1. The molecule has 82 valence electrons. The maximum absolute atomic E-state index is 12.1. The van der Waals surface area contributed by atoms with Gasteiger partial charge in [-0.2, -0.15) is 13.2 Å². The average molecular weight is 225 g/mol. The molecule has 0 unspecified atom stereocenters. The number of halogens is 3. The summed E-state index contributed by atoms with van der Waals surface area (Å²) in [7, 11) is 0. The molecule has 0 aliphatic heterocycles. The molecule has 0 amide bonds. The summed E-state index contributed by atoms with van der Waals surface area (Å²) in [5.41, 5.74) is -0.578. The Hall–Kier alpha value is -1.91. The Morgan fingerprint density at radius 1 is 1.12 bits per heavy atom. The molecule has 0 spiro atoms. The fourth-order valence-corrected chi connectivity index (χ4v) is 1.35. The molecule has 0 bridgehead atoms. The van der Waals surface area contributed by atoms with Crippen molar-refractivity contribution in [3.63, 3.8) is 0 Å². The molecular weight excluding hydrogens is 219 g/mol. The number of fused-ring (bicyclic) bond motifs is 1. The highest BCUT2D eigenvalue weighted by molar-refractivity contribution is 6.01. The van der Waals surface area contributed by atoms with Crippen LogP contribution in [-0.4, -0.2) is 16.9 Å². The van der Waals surface area contributed by atoms with E-state index < -0.39 is 17.7 Å². The maximum Gasteiger partial charge on any atom is 0.456 e. The third-order valence-electron chi connectivity index (χ3n) is 2.12. The van der Waals surface area contributed by atoms with E-state index in [1.807, 2.05) is 0 Å². The van der Waals surface area contributed by atoms with Gasteiger partial charge in [-0.1, -0.05) is 24.3 Å². The van der Waals surface area contributed by atoms with Crippen molar-refractivity contribution in [2.45, 2.75) is 6.18 Å². The van der Waals surface area contributed by atoms with Gasteiger partial charge in [0, 0.05) is 11.6 Å². The Bertz CT molecular complexity index is 548. The van der Waals surface area contributed by atoms with Gasteiger partial charge in [0.25, 0.3) is 5.78 Å². The molecule has 0 saturated carbocycles. The lowest BCUT2D eigenvalue weighted by molar-refractivity contribution is -0.0888. The van der Waals surface area contributed by atoms with E-state index in [0.29, 0.717) is 10.8 Å². The second-order valence-corrected chi connectivity index (χ2v) is 3.24. The molecule has 2 nitrogen and oxygen atoms in total. The number of carbonyl (C=O) groups is 1. The minimum absolute atomic E-state index is 0.560. The van der Waals surface area contributed by atoms with E-state index >= 15 is 0 Å². The van der Waals surface area contributed by atoms with Gasteiger partial charge in [0.05, 0.1) is 0 Å². The van der Waals surface area contributed by atoms with E-state index in [9.17, 15) is 18.0 Å². The van der Waals surface area contributed by atoms with Crippen LogP contribution in [0.15, 0.2) is 36.5 Å². The van der Waals surface area contributed by atoms with Crippen LogP contribution in [0.2, 0.25) is 0 Å². The summed E-state index contributed by atoms with van der Waals surface area (Å²) in [5, 5.41) is 1.26. The van der Waals surface area contributed by atoms with Crippen LogP contribution in [0, 0.1) is 0 Å². The van der Waals surface area contributed by atoms with Crippen LogP contribution in [0.5, 0.6) is 0 Å². The molecule has 0 aliphatic carbocycles. The number of alkyl halides is 3. The summed E-state index contributed by atoms with van der Waals surface area (Å²) in [6, 6.07) is 7.92. The van der Waals surface area contributed by atoms with E-state index in [1.165, 1.54) is 6.20 Å². The fraction of sp³-hybridized carbons (Fsp3) is 0.0909. The van der Waals surface area contributed by atoms with Gasteiger partial charge in [-0.25, -0.2) is 0 Å². The fourth-order valence-electron chi connectivity index (χ4n) is 1.35. The van der Waals surface area contributed by atoms with Crippen molar-refractivity contribution < 1.29 is 18.0 Å². The van der Waals surface area contributed by atoms with Gasteiger partial charge in [0.2, 0.25) is 0 Å². The van der Waals surface area contributed by atoms with Crippen LogP contribution < -0.4 is 0 Å². The first-order valence-electron chi connectivity index (χ1n) is 4.45. The van der Waals surface area contributed by atoms with Crippen molar-refractivity contribution in [3.8, 4) is 0 Å². The number of carbonyl (C=O) groups excluding carboxylic acids is 1. The first kappa shape index (κ1) is 10.6. The summed E-state index contributed by atoms with van der Waals surface area (Å²) in [5.74, 6) is -1.92. The van der Waals surface area contributed by atoms with Crippen molar-refractivity contribution in [1.29, 1.82) is 0 Å². The molecule has 0 radical (unpaired) electrons. The topological polar surface area (TPSA) is 30.0 Å². The zero-order chi connectivity index (χ0) is 11.8. The SMILES string of the molecule is O=C(c1cc2ccccc2cn1)C(F)(F)F. The Labute approximate surface area is 88.7 Å². The van der Waals surface area contributed by atoms with Gasteiger partial charge in [0.1, 0.15) is 5.69 Å². The predicted octanol–water partition coefficient (Wildman–Crippen LogP) is 2.98. The first-order valence-corrected chi connectivity index (χ1v) is 4.45. The standard InChI is InChI=1S/C11H6F3NO/c12-11(13,14)10(16)9-5-7-3-1-2-4-8(7)6-15-9/h1-6H. The number of ketones is 1. The molecule has 0 atom stereocenters. The van der Waals surface area contributed by atoms with Gasteiger partial charge in [0.15, 0.2) is 0 Å². The average Bonchev–Trinajstić information content (AvgIpc) is 2.26. The lowest BCUT2D eigenvalue weighted by Crippen LogP contribution is -2.23. The number of hydrogen-bond donors (Lipinski definition) is 0. The quantitative estimate of drug-likeness (QED) is 0.698. The first-order chi connectivity index (χ1) is 7.48. The highest BCUT2D eigenvalue weighted by Gasteiger charge is 2.40. The van der Waals surface area contributed by atoms with Crippen molar-refractivity contribution in [3.05, 3.63) is 42.2 Å². The summed E-state index contributed by atoms with van der Waals surface area (Å²) in [6.45, 7) is 0. The molecule has 16 heavy (non-hydrogen) atoms. The summed E-state index contributed by atoms with van der Waals surface area (Å²) >= 11 is 0. The molecule has 0 aliphatic rings. The molecule has 0 N–H and O–H groups in total. The summed E-state index contributed by atoms with van der Waals surface area (Å²) in [6.07, 6.45) is -3.62. The van der Waals surface area contributed by atoms with Crippen LogP contribution in [-0.2, 0) is 0 Å². The monoisotopic (exact) mass is 225 g/mol. The maximum atomic E-state index is 12.1. The van der Waals surface area contributed by atoms with Gasteiger partial charge < -0.3 is 0 Å². The van der Waals surface area contributed by atoms with E-state index in [1.54, 1.807) is 24.3 Å². The zero-order valence-corrected chi connectivity index (χ0v) is 7.95. The Kier molecular flexibility index (Phi) is 2.38. The van der Waals surface area contributed by atoms with Crippen molar-refractivity contribution in [1.82, 2.24) is 4.98 Å². The third kappa shape index (κ3) is 1.88.